The van der Waals surface area contributed by atoms with Crippen LogP contribution < -0.4 is 5.32 Å². The fraction of sp³-hybridized carbons (Fsp3) is 0.312. The van der Waals surface area contributed by atoms with Gasteiger partial charge in [0.05, 0.1) is 11.1 Å². The number of rotatable bonds is 3. The van der Waals surface area contributed by atoms with E-state index in [1.165, 1.54) is 12.1 Å². The molecule has 7 heteroatoms. The molecule has 2 heterocycles. The van der Waals surface area contributed by atoms with Gasteiger partial charge in [-0.1, -0.05) is 12.1 Å². The molecule has 3 aromatic rings. The molecular formula is C16H16FN5O. The number of amides is 1. The van der Waals surface area contributed by atoms with Crippen LogP contribution in [0.25, 0.3) is 11.0 Å². The minimum absolute atomic E-state index is 0.0759. The van der Waals surface area contributed by atoms with E-state index < -0.39 is 0 Å². The lowest BCUT2D eigenvalue weighted by molar-refractivity contribution is -0.117. The van der Waals surface area contributed by atoms with Gasteiger partial charge >= 0.3 is 0 Å². The van der Waals surface area contributed by atoms with Crippen molar-refractivity contribution >= 4 is 22.8 Å². The molecule has 4 rings (SSSR count). The smallest absolute Gasteiger partial charge is 0.229 e. The van der Waals surface area contributed by atoms with Crippen molar-refractivity contribution < 1.29 is 9.18 Å². The predicted octanol–water partition coefficient (Wildman–Crippen LogP) is 2.49. The summed E-state index contributed by atoms with van der Waals surface area (Å²) in [7, 11) is 1.81. The first-order chi connectivity index (χ1) is 11.0. The molecule has 2 N–H and O–H groups in total. The van der Waals surface area contributed by atoms with E-state index in [4.69, 9.17) is 0 Å². The SMILES string of the molecule is Cc1nn(C)c2n[nH]c(NC(=O)C3CC3c3cccc(F)c3)c12. The van der Waals surface area contributed by atoms with Crippen LogP contribution in [0.1, 0.15) is 23.6 Å². The Morgan fingerprint density at radius 1 is 1.48 bits per heavy atom. The summed E-state index contributed by atoms with van der Waals surface area (Å²) in [4.78, 5) is 12.4. The van der Waals surface area contributed by atoms with Gasteiger partial charge in [-0.05, 0) is 37.0 Å². The van der Waals surface area contributed by atoms with E-state index in [1.807, 2.05) is 20.0 Å². The van der Waals surface area contributed by atoms with Crippen molar-refractivity contribution in [3.05, 3.63) is 41.3 Å². The number of anilines is 1. The Hall–Kier alpha value is -2.70. The highest BCUT2D eigenvalue weighted by molar-refractivity contribution is 6.02. The molecule has 118 valence electrons. The predicted molar refractivity (Wildman–Crippen MR) is 83.5 cm³/mol. The zero-order valence-corrected chi connectivity index (χ0v) is 12.8. The molecule has 1 aromatic carbocycles. The molecule has 0 spiro atoms. The summed E-state index contributed by atoms with van der Waals surface area (Å²) in [6.45, 7) is 1.88. The highest BCUT2D eigenvalue weighted by Gasteiger charge is 2.44. The van der Waals surface area contributed by atoms with Crippen LogP contribution in [0.2, 0.25) is 0 Å². The van der Waals surface area contributed by atoms with E-state index in [0.29, 0.717) is 11.5 Å². The standard InChI is InChI=1S/C16H16FN5O/c1-8-13-14(19-20-15(13)22(2)21-8)18-16(23)12-7-11(12)9-4-3-5-10(17)6-9/h3-6,11-12H,7H2,1-2H3,(H2,18,19,20,23). The number of benzene rings is 1. The Morgan fingerprint density at radius 3 is 3.09 bits per heavy atom. The summed E-state index contributed by atoms with van der Waals surface area (Å²) >= 11 is 0. The average Bonchev–Trinajstić information content (AvgIpc) is 3.13. The van der Waals surface area contributed by atoms with E-state index in [1.54, 1.807) is 10.7 Å². The second-order valence-corrected chi connectivity index (χ2v) is 6.00. The van der Waals surface area contributed by atoms with E-state index >= 15 is 0 Å². The van der Waals surface area contributed by atoms with E-state index in [0.717, 1.165) is 23.1 Å². The van der Waals surface area contributed by atoms with Gasteiger partial charge in [-0.2, -0.15) is 10.2 Å². The van der Waals surface area contributed by atoms with Crippen LogP contribution >= 0.6 is 0 Å². The Morgan fingerprint density at radius 2 is 2.30 bits per heavy atom. The van der Waals surface area contributed by atoms with Gasteiger partial charge in [-0.25, -0.2) is 9.07 Å². The zero-order valence-electron chi connectivity index (χ0n) is 12.8. The molecule has 1 aliphatic carbocycles. The molecule has 0 saturated heterocycles. The van der Waals surface area contributed by atoms with Gasteiger partial charge in [-0.15, -0.1) is 0 Å². The number of aryl methyl sites for hydroxylation is 2. The van der Waals surface area contributed by atoms with Crippen LogP contribution in [0.4, 0.5) is 10.2 Å². The second kappa shape index (κ2) is 4.91. The summed E-state index contributed by atoms with van der Waals surface area (Å²) in [6.07, 6.45) is 0.735. The highest BCUT2D eigenvalue weighted by atomic mass is 19.1. The molecule has 1 fully saturated rings. The summed E-state index contributed by atoms with van der Waals surface area (Å²) in [5.41, 5.74) is 2.39. The summed E-state index contributed by atoms with van der Waals surface area (Å²) in [6, 6.07) is 6.45. The number of fused-ring (bicyclic) bond motifs is 1. The number of nitrogens with zero attached hydrogens (tertiary/aromatic N) is 3. The van der Waals surface area contributed by atoms with Crippen molar-refractivity contribution in [2.75, 3.05) is 5.32 Å². The minimum atomic E-state index is -0.269. The van der Waals surface area contributed by atoms with Crippen molar-refractivity contribution in [3.63, 3.8) is 0 Å². The first-order valence-corrected chi connectivity index (χ1v) is 7.48. The second-order valence-electron chi connectivity index (χ2n) is 6.00. The number of aromatic nitrogens is 4. The normalized spacial score (nSPS) is 20.0. The summed E-state index contributed by atoms with van der Waals surface area (Å²) in [5.74, 6) is 0.176. The van der Waals surface area contributed by atoms with Crippen LogP contribution in [-0.4, -0.2) is 25.9 Å². The largest absolute Gasteiger partial charge is 0.310 e. The molecule has 0 radical (unpaired) electrons. The van der Waals surface area contributed by atoms with Gasteiger partial charge in [0.15, 0.2) is 5.65 Å². The molecular weight excluding hydrogens is 297 g/mol. The number of H-pyrrole nitrogens is 1. The Labute approximate surface area is 131 Å². The fourth-order valence-corrected chi connectivity index (χ4v) is 3.13. The van der Waals surface area contributed by atoms with Crippen molar-refractivity contribution in [2.45, 2.75) is 19.3 Å². The molecule has 1 amide bonds. The van der Waals surface area contributed by atoms with Gasteiger partial charge in [0.25, 0.3) is 0 Å². The maximum Gasteiger partial charge on any atom is 0.229 e. The fourth-order valence-electron chi connectivity index (χ4n) is 3.13. The molecule has 6 nitrogen and oxygen atoms in total. The molecule has 2 atom stereocenters. The van der Waals surface area contributed by atoms with E-state index in [2.05, 4.69) is 20.6 Å². The van der Waals surface area contributed by atoms with Crippen LogP contribution in [-0.2, 0) is 11.8 Å². The first kappa shape index (κ1) is 13.9. The van der Waals surface area contributed by atoms with Crippen LogP contribution in [0.15, 0.2) is 24.3 Å². The Balaban J connectivity index is 1.52. The maximum atomic E-state index is 13.3. The first-order valence-electron chi connectivity index (χ1n) is 7.48. The summed E-state index contributed by atoms with van der Waals surface area (Å²) < 4.78 is 15.0. The highest BCUT2D eigenvalue weighted by Crippen LogP contribution is 2.48. The van der Waals surface area contributed by atoms with Gasteiger partial charge in [-0.3, -0.25) is 9.89 Å². The van der Waals surface area contributed by atoms with Crippen LogP contribution in [0.5, 0.6) is 0 Å². The lowest BCUT2D eigenvalue weighted by Gasteiger charge is -2.03. The number of nitrogens with one attached hydrogen (secondary N) is 2. The number of hydrogen-bond acceptors (Lipinski definition) is 3. The lowest BCUT2D eigenvalue weighted by Crippen LogP contribution is -2.15. The molecule has 2 aromatic heterocycles. The van der Waals surface area contributed by atoms with E-state index in [-0.39, 0.29) is 23.6 Å². The number of carbonyl (C=O) groups is 1. The Bertz CT molecular complexity index is 912. The average molecular weight is 313 g/mol. The summed E-state index contributed by atoms with van der Waals surface area (Å²) in [5, 5.41) is 15.0. The van der Waals surface area contributed by atoms with Crippen molar-refractivity contribution in [3.8, 4) is 0 Å². The van der Waals surface area contributed by atoms with Crippen molar-refractivity contribution in [2.24, 2.45) is 13.0 Å². The number of halogens is 1. The third-order valence-corrected chi connectivity index (χ3v) is 4.37. The molecule has 0 bridgehead atoms. The molecule has 1 aliphatic rings. The third-order valence-electron chi connectivity index (χ3n) is 4.37. The Kier molecular flexibility index (Phi) is 2.97. The van der Waals surface area contributed by atoms with E-state index in [9.17, 15) is 9.18 Å². The third kappa shape index (κ3) is 2.28. The topological polar surface area (TPSA) is 75.6 Å². The number of carbonyl (C=O) groups excluding carboxylic acids is 1. The van der Waals surface area contributed by atoms with Crippen LogP contribution in [0.3, 0.4) is 0 Å². The monoisotopic (exact) mass is 313 g/mol. The zero-order chi connectivity index (χ0) is 16.1. The molecule has 1 saturated carbocycles. The van der Waals surface area contributed by atoms with Gasteiger partial charge in [0, 0.05) is 13.0 Å². The van der Waals surface area contributed by atoms with Gasteiger partial charge in [0.2, 0.25) is 5.91 Å². The lowest BCUT2D eigenvalue weighted by atomic mass is 10.1. The molecule has 23 heavy (non-hydrogen) atoms. The molecule has 0 aliphatic heterocycles. The maximum absolute atomic E-state index is 13.3. The number of hydrogen-bond donors (Lipinski definition) is 2. The van der Waals surface area contributed by atoms with Gasteiger partial charge < -0.3 is 5.32 Å². The van der Waals surface area contributed by atoms with Crippen molar-refractivity contribution in [1.29, 1.82) is 0 Å². The quantitative estimate of drug-likeness (QED) is 0.780. The van der Waals surface area contributed by atoms with Gasteiger partial charge in [0.1, 0.15) is 11.6 Å². The number of aromatic amines is 1. The van der Waals surface area contributed by atoms with Crippen LogP contribution in [0, 0.1) is 18.7 Å². The van der Waals surface area contributed by atoms with Crippen molar-refractivity contribution in [1.82, 2.24) is 20.0 Å². The minimum Gasteiger partial charge on any atom is -0.310 e. The molecule has 2 unspecified atom stereocenters.